The Labute approximate surface area is 174 Å². The Morgan fingerprint density at radius 3 is 2.60 bits per heavy atom. The smallest absolute Gasteiger partial charge is 0.278 e. The van der Waals surface area contributed by atoms with Gasteiger partial charge in [-0.25, -0.2) is 9.07 Å². The lowest BCUT2D eigenvalue weighted by atomic mass is 10.0. The van der Waals surface area contributed by atoms with E-state index in [1.807, 2.05) is 30.3 Å². The fourth-order valence-electron chi connectivity index (χ4n) is 3.51. The molecule has 3 aromatic rings. The van der Waals surface area contributed by atoms with Crippen molar-refractivity contribution in [3.63, 3.8) is 0 Å². The standard InChI is InChI=1S/C23H23FN4O2/c1-15(2)16-3-5-20(6-4-16)28-14-21(29)22(26-28)23(30)27-9-7-17(8-10-27)18-11-19(24)13-25-12-18/h3-7,11-15,29H,8-10H2,1-2H3. The highest BCUT2D eigenvalue weighted by atomic mass is 19.1. The third-order valence-electron chi connectivity index (χ3n) is 5.29. The van der Waals surface area contributed by atoms with Crippen molar-refractivity contribution in [1.82, 2.24) is 19.7 Å². The first-order chi connectivity index (χ1) is 14.4. The molecule has 154 valence electrons. The van der Waals surface area contributed by atoms with Gasteiger partial charge in [0.05, 0.1) is 18.1 Å². The highest BCUT2D eigenvalue weighted by Crippen LogP contribution is 2.26. The molecular weight excluding hydrogens is 383 g/mol. The van der Waals surface area contributed by atoms with E-state index in [-0.39, 0.29) is 23.2 Å². The predicted molar refractivity (Wildman–Crippen MR) is 112 cm³/mol. The maximum Gasteiger partial charge on any atom is 0.278 e. The molecule has 4 rings (SSSR count). The van der Waals surface area contributed by atoms with E-state index < -0.39 is 0 Å². The highest BCUT2D eigenvalue weighted by molar-refractivity contribution is 5.95. The Bertz CT molecular complexity index is 1100. The summed E-state index contributed by atoms with van der Waals surface area (Å²) in [4.78, 5) is 18.4. The Kier molecular flexibility index (Phi) is 5.35. The number of pyridine rings is 1. The second-order valence-electron chi connectivity index (χ2n) is 7.68. The number of rotatable bonds is 4. The molecule has 0 atom stereocenters. The number of aromatic hydroxyl groups is 1. The molecule has 1 amide bonds. The number of halogens is 1. The topological polar surface area (TPSA) is 71.2 Å². The molecule has 1 aliphatic rings. The van der Waals surface area contributed by atoms with Crippen molar-refractivity contribution in [3.8, 4) is 11.4 Å². The molecule has 30 heavy (non-hydrogen) atoms. The van der Waals surface area contributed by atoms with Crippen LogP contribution in [0.25, 0.3) is 11.3 Å². The zero-order valence-corrected chi connectivity index (χ0v) is 16.9. The molecule has 2 aromatic heterocycles. The largest absolute Gasteiger partial charge is 0.504 e. The summed E-state index contributed by atoms with van der Waals surface area (Å²) >= 11 is 0. The molecular formula is C23H23FN4O2. The molecule has 0 spiro atoms. The van der Waals surface area contributed by atoms with E-state index in [4.69, 9.17) is 0 Å². The molecule has 6 nitrogen and oxygen atoms in total. The molecule has 0 saturated carbocycles. The van der Waals surface area contributed by atoms with Crippen LogP contribution in [-0.2, 0) is 0 Å². The van der Waals surface area contributed by atoms with Crippen LogP contribution < -0.4 is 0 Å². The zero-order valence-electron chi connectivity index (χ0n) is 16.9. The van der Waals surface area contributed by atoms with E-state index in [0.717, 1.165) is 23.0 Å². The maximum absolute atomic E-state index is 13.4. The first-order valence-corrected chi connectivity index (χ1v) is 9.90. The number of amides is 1. The number of carbonyl (C=O) groups is 1. The van der Waals surface area contributed by atoms with Gasteiger partial charge in [0.2, 0.25) is 0 Å². The molecule has 7 heteroatoms. The summed E-state index contributed by atoms with van der Waals surface area (Å²) in [5.41, 5.74) is 3.67. The van der Waals surface area contributed by atoms with Crippen molar-refractivity contribution in [1.29, 1.82) is 0 Å². The third kappa shape index (κ3) is 3.96. The maximum atomic E-state index is 13.4. The van der Waals surface area contributed by atoms with E-state index >= 15 is 0 Å². The second-order valence-corrected chi connectivity index (χ2v) is 7.68. The summed E-state index contributed by atoms with van der Waals surface area (Å²) in [6, 6.07) is 9.29. The normalized spacial score (nSPS) is 14.1. The van der Waals surface area contributed by atoms with Crippen LogP contribution in [0, 0.1) is 5.82 Å². The van der Waals surface area contributed by atoms with Gasteiger partial charge in [0, 0.05) is 19.3 Å². The van der Waals surface area contributed by atoms with E-state index in [2.05, 4.69) is 23.9 Å². The van der Waals surface area contributed by atoms with Crippen molar-refractivity contribution < 1.29 is 14.3 Å². The van der Waals surface area contributed by atoms with Crippen molar-refractivity contribution in [2.75, 3.05) is 13.1 Å². The lowest BCUT2D eigenvalue weighted by Gasteiger charge is -2.26. The summed E-state index contributed by atoms with van der Waals surface area (Å²) in [5, 5.41) is 14.6. The van der Waals surface area contributed by atoms with Crippen LogP contribution in [0.3, 0.4) is 0 Å². The molecule has 0 radical (unpaired) electrons. The molecule has 1 N–H and O–H groups in total. The van der Waals surface area contributed by atoms with Gasteiger partial charge in [0.25, 0.3) is 5.91 Å². The van der Waals surface area contributed by atoms with Crippen LogP contribution in [-0.4, -0.2) is 43.8 Å². The number of benzene rings is 1. The number of hydrogen-bond donors (Lipinski definition) is 1. The lowest BCUT2D eigenvalue weighted by Crippen LogP contribution is -2.35. The summed E-state index contributed by atoms with van der Waals surface area (Å²) in [5.74, 6) is -0.457. The van der Waals surface area contributed by atoms with Crippen molar-refractivity contribution in [2.45, 2.75) is 26.2 Å². The van der Waals surface area contributed by atoms with Crippen molar-refractivity contribution >= 4 is 11.5 Å². The minimum Gasteiger partial charge on any atom is -0.504 e. The van der Waals surface area contributed by atoms with Gasteiger partial charge < -0.3 is 10.0 Å². The summed E-state index contributed by atoms with van der Waals surface area (Å²) in [6.07, 6.45) is 6.69. The first kappa shape index (κ1) is 19.8. The number of hydrogen-bond acceptors (Lipinski definition) is 4. The van der Waals surface area contributed by atoms with Gasteiger partial charge in [-0.3, -0.25) is 9.78 Å². The minimum atomic E-state index is -0.385. The SMILES string of the molecule is CC(C)c1ccc(-n2cc(O)c(C(=O)N3CC=C(c4cncc(F)c4)CC3)n2)cc1. The summed E-state index contributed by atoms with van der Waals surface area (Å²) in [6.45, 7) is 5.06. The molecule has 0 fully saturated rings. The monoisotopic (exact) mass is 406 g/mol. The third-order valence-corrected chi connectivity index (χ3v) is 5.29. The van der Waals surface area contributed by atoms with Crippen LogP contribution in [0.2, 0.25) is 0 Å². The minimum absolute atomic E-state index is 0.0206. The van der Waals surface area contributed by atoms with Gasteiger partial charge in [0.1, 0.15) is 5.82 Å². The van der Waals surface area contributed by atoms with Crippen LogP contribution >= 0.6 is 0 Å². The Hall–Kier alpha value is -3.48. The fraction of sp³-hybridized carbons (Fsp3) is 0.261. The Balaban J connectivity index is 1.50. The average molecular weight is 406 g/mol. The predicted octanol–water partition coefficient (Wildman–Crippen LogP) is 4.16. The van der Waals surface area contributed by atoms with Crippen molar-refractivity contribution in [3.05, 3.63) is 77.6 Å². The Morgan fingerprint density at radius 2 is 1.97 bits per heavy atom. The van der Waals surface area contributed by atoms with E-state index in [0.29, 0.717) is 25.4 Å². The molecule has 1 aromatic carbocycles. The van der Waals surface area contributed by atoms with Crippen LogP contribution in [0.4, 0.5) is 4.39 Å². The van der Waals surface area contributed by atoms with Crippen molar-refractivity contribution in [2.24, 2.45) is 0 Å². The highest BCUT2D eigenvalue weighted by Gasteiger charge is 2.25. The van der Waals surface area contributed by atoms with E-state index in [1.165, 1.54) is 22.5 Å². The number of aromatic nitrogens is 3. The zero-order chi connectivity index (χ0) is 21.3. The molecule has 0 unspecified atom stereocenters. The molecule has 0 saturated heterocycles. The Morgan fingerprint density at radius 1 is 1.20 bits per heavy atom. The molecule has 1 aliphatic heterocycles. The first-order valence-electron chi connectivity index (χ1n) is 9.90. The second kappa shape index (κ2) is 8.10. The van der Waals surface area contributed by atoms with E-state index in [9.17, 15) is 14.3 Å². The molecule has 0 bridgehead atoms. The van der Waals surface area contributed by atoms with Crippen LogP contribution in [0.5, 0.6) is 5.75 Å². The van der Waals surface area contributed by atoms with Gasteiger partial charge in [-0.15, -0.1) is 0 Å². The summed E-state index contributed by atoms with van der Waals surface area (Å²) in [7, 11) is 0. The van der Waals surface area contributed by atoms with Gasteiger partial charge in [-0.2, -0.15) is 5.10 Å². The average Bonchev–Trinajstić information content (AvgIpc) is 3.15. The summed E-state index contributed by atoms with van der Waals surface area (Å²) < 4.78 is 14.9. The lowest BCUT2D eigenvalue weighted by molar-refractivity contribution is 0.0763. The van der Waals surface area contributed by atoms with Crippen LogP contribution in [0.15, 0.2) is 55.0 Å². The number of carbonyl (C=O) groups excluding carboxylic acids is 1. The van der Waals surface area contributed by atoms with Crippen LogP contribution in [0.1, 0.15) is 47.8 Å². The molecule has 0 aliphatic carbocycles. The molecule has 3 heterocycles. The van der Waals surface area contributed by atoms with Gasteiger partial charge in [-0.05, 0) is 47.2 Å². The number of nitrogens with zero attached hydrogens (tertiary/aromatic N) is 4. The van der Waals surface area contributed by atoms with Gasteiger partial charge >= 0.3 is 0 Å². The van der Waals surface area contributed by atoms with Gasteiger partial charge in [0.15, 0.2) is 11.4 Å². The fourth-order valence-corrected chi connectivity index (χ4v) is 3.51. The van der Waals surface area contributed by atoms with E-state index in [1.54, 1.807) is 11.1 Å². The van der Waals surface area contributed by atoms with Gasteiger partial charge in [-0.1, -0.05) is 32.1 Å². The quantitative estimate of drug-likeness (QED) is 0.706.